The number of aryl methyl sites for hydroxylation is 1. The second-order valence-electron chi connectivity index (χ2n) is 3.47. The molecule has 0 amide bonds. The molecule has 2 aromatic rings. The molecule has 0 unspecified atom stereocenters. The summed E-state index contributed by atoms with van der Waals surface area (Å²) in [6.45, 7) is 2.00. The van der Waals surface area contributed by atoms with Crippen LogP contribution in [0.2, 0.25) is 0 Å². The second-order valence-corrected chi connectivity index (χ2v) is 3.47. The second kappa shape index (κ2) is 3.99. The molecule has 1 aromatic carbocycles. The molecule has 1 heterocycles. The third kappa shape index (κ3) is 1.84. The molecule has 0 aliphatic heterocycles. The Kier molecular flexibility index (Phi) is 2.52. The van der Waals surface area contributed by atoms with Crippen molar-refractivity contribution in [1.82, 2.24) is 9.97 Å². The Morgan fingerprint density at radius 1 is 1.38 bits per heavy atom. The third-order valence-electron chi connectivity index (χ3n) is 2.22. The Labute approximate surface area is 93.4 Å². The summed E-state index contributed by atoms with van der Waals surface area (Å²) in [6.07, 6.45) is 1.57. The fraction of sp³-hybridized carbons (Fsp3) is 0.0833. The first kappa shape index (κ1) is 10.1. The highest BCUT2D eigenvalue weighted by atomic mass is 14.9. The Morgan fingerprint density at radius 2 is 2.19 bits per heavy atom. The Hall–Kier alpha value is -2.41. The summed E-state index contributed by atoms with van der Waals surface area (Å²) < 4.78 is 0. The highest BCUT2D eigenvalue weighted by Gasteiger charge is 2.05. The number of hydrogen-bond donors (Lipinski definition) is 1. The van der Waals surface area contributed by atoms with Gasteiger partial charge < -0.3 is 5.73 Å². The quantitative estimate of drug-likeness (QED) is 0.780. The summed E-state index contributed by atoms with van der Waals surface area (Å²) in [6, 6.07) is 9.77. The minimum atomic E-state index is 0.166. The number of benzene rings is 1. The van der Waals surface area contributed by atoms with Crippen LogP contribution in [-0.4, -0.2) is 9.97 Å². The van der Waals surface area contributed by atoms with Crippen LogP contribution in [0.4, 0.5) is 5.82 Å². The average molecular weight is 210 g/mol. The summed E-state index contributed by atoms with van der Waals surface area (Å²) >= 11 is 0. The Balaban J connectivity index is 2.54. The van der Waals surface area contributed by atoms with E-state index in [-0.39, 0.29) is 11.5 Å². The van der Waals surface area contributed by atoms with Gasteiger partial charge in [-0.15, -0.1) is 0 Å². The largest absolute Gasteiger partial charge is 0.381 e. The van der Waals surface area contributed by atoms with E-state index in [1.807, 2.05) is 37.3 Å². The molecular weight excluding hydrogens is 200 g/mol. The van der Waals surface area contributed by atoms with Gasteiger partial charge in [-0.25, -0.2) is 9.97 Å². The molecule has 0 saturated heterocycles. The lowest BCUT2D eigenvalue weighted by Gasteiger charge is -2.03. The number of nitrogens with zero attached hydrogens (tertiary/aromatic N) is 3. The zero-order valence-corrected chi connectivity index (χ0v) is 8.81. The van der Waals surface area contributed by atoms with Gasteiger partial charge in [0.05, 0.1) is 11.9 Å². The fourth-order valence-corrected chi connectivity index (χ4v) is 1.42. The molecule has 2 N–H and O–H groups in total. The van der Waals surface area contributed by atoms with Gasteiger partial charge in [0.25, 0.3) is 0 Å². The molecule has 16 heavy (non-hydrogen) atoms. The highest BCUT2D eigenvalue weighted by Crippen LogP contribution is 2.18. The van der Waals surface area contributed by atoms with E-state index in [1.54, 1.807) is 6.20 Å². The standard InChI is InChI=1S/C12H10N4/c1-8-3-2-4-9(5-8)11-7-15-12(14)10(6-13)16-11/h2-5,7H,1H3,(H2,14,15). The van der Waals surface area contributed by atoms with Gasteiger partial charge in [-0.1, -0.05) is 23.8 Å². The summed E-state index contributed by atoms with van der Waals surface area (Å²) in [5.74, 6) is 0.166. The van der Waals surface area contributed by atoms with Gasteiger partial charge in [0, 0.05) is 5.56 Å². The van der Waals surface area contributed by atoms with Crippen LogP contribution in [0.15, 0.2) is 30.5 Å². The predicted octanol–water partition coefficient (Wildman–Crippen LogP) is 1.91. The molecule has 0 bridgehead atoms. The molecule has 78 valence electrons. The van der Waals surface area contributed by atoms with E-state index in [9.17, 15) is 0 Å². The van der Waals surface area contributed by atoms with E-state index in [4.69, 9.17) is 11.0 Å². The fourth-order valence-electron chi connectivity index (χ4n) is 1.42. The van der Waals surface area contributed by atoms with Crippen molar-refractivity contribution in [2.24, 2.45) is 0 Å². The lowest BCUT2D eigenvalue weighted by atomic mass is 10.1. The number of anilines is 1. The van der Waals surface area contributed by atoms with Crippen molar-refractivity contribution < 1.29 is 0 Å². The SMILES string of the molecule is Cc1cccc(-c2cnc(N)c(C#N)n2)c1. The van der Waals surface area contributed by atoms with Crippen molar-refractivity contribution >= 4 is 5.82 Å². The number of nitrogen functional groups attached to an aromatic ring is 1. The van der Waals surface area contributed by atoms with Gasteiger partial charge in [0.1, 0.15) is 6.07 Å². The van der Waals surface area contributed by atoms with Crippen LogP contribution in [0.25, 0.3) is 11.3 Å². The van der Waals surface area contributed by atoms with Crippen LogP contribution in [0.1, 0.15) is 11.3 Å². The van der Waals surface area contributed by atoms with E-state index < -0.39 is 0 Å². The molecule has 0 spiro atoms. The third-order valence-corrected chi connectivity index (χ3v) is 2.22. The maximum atomic E-state index is 8.81. The van der Waals surface area contributed by atoms with Gasteiger partial charge in [0.15, 0.2) is 11.5 Å². The Bertz CT molecular complexity index is 569. The smallest absolute Gasteiger partial charge is 0.183 e. The topological polar surface area (TPSA) is 75.6 Å². The number of hydrogen-bond acceptors (Lipinski definition) is 4. The summed E-state index contributed by atoms with van der Waals surface area (Å²) in [7, 11) is 0. The minimum Gasteiger partial charge on any atom is -0.381 e. The van der Waals surface area contributed by atoms with Gasteiger partial charge in [-0.3, -0.25) is 0 Å². The molecule has 0 radical (unpaired) electrons. The molecule has 0 aliphatic carbocycles. The zero-order chi connectivity index (χ0) is 11.5. The van der Waals surface area contributed by atoms with E-state index >= 15 is 0 Å². The van der Waals surface area contributed by atoms with E-state index in [0.717, 1.165) is 11.1 Å². The van der Waals surface area contributed by atoms with Crippen LogP contribution in [-0.2, 0) is 0 Å². The van der Waals surface area contributed by atoms with Crippen molar-refractivity contribution in [3.63, 3.8) is 0 Å². The lowest BCUT2D eigenvalue weighted by Crippen LogP contribution is -1.99. The van der Waals surface area contributed by atoms with Crippen LogP contribution in [0, 0.1) is 18.3 Å². The minimum absolute atomic E-state index is 0.166. The molecule has 1 aromatic heterocycles. The maximum absolute atomic E-state index is 8.81. The molecule has 4 heteroatoms. The van der Waals surface area contributed by atoms with E-state index in [2.05, 4.69) is 9.97 Å². The summed E-state index contributed by atoms with van der Waals surface area (Å²) in [4.78, 5) is 8.10. The van der Waals surface area contributed by atoms with E-state index in [1.165, 1.54) is 0 Å². The molecule has 0 saturated carbocycles. The van der Waals surface area contributed by atoms with Crippen molar-refractivity contribution in [1.29, 1.82) is 5.26 Å². The summed E-state index contributed by atoms with van der Waals surface area (Å²) in [5.41, 5.74) is 8.41. The monoisotopic (exact) mass is 210 g/mol. The molecule has 0 fully saturated rings. The lowest BCUT2D eigenvalue weighted by molar-refractivity contribution is 1.18. The van der Waals surface area contributed by atoms with Crippen molar-refractivity contribution in [3.05, 3.63) is 41.7 Å². The first-order valence-corrected chi connectivity index (χ1v) is 4.80. The highest BCUT2D eigenvalue weighted by molar-refractivity contribution is 5.61. The van der Waals surface area contributed by atoms with Gasteiger partial charge in [-0.2, -0.15) is 5.26 Å². The first-order chi connectivity index (χ1) is 7.70. The number of nitriles is 1. The number of rotatable bonds is 1. The molecule has 0 aliphatic rings. The van der Waals surface area contributed by atoms with Crippen LogP contribution in [0.3, 0.4) is 0 Å². The van der Waals surface area contributed by atoms with Crippen molar-refractivity contribution in [3.8, 4) is 17.3 Å². The molecular formula is C12H10N4. The predicted molar refractivity (Wildman–Crippen MR) is 61.3 cm³/mol. The molecule has 4 nitrogen and oxygen atoms in total. The number of aromatic nitrogens is 2. The van der Waals surface area contributed by atoms with Crippen LogP contribution in [0.5, 0.6) is 0 Å². The van der Waals surface area contributed by atoms with E-state index in [0.29, 0.717) is 5.69 Å². The molecule has 2 rings (SSSR count). The van der Waals surface area contributed by atoms with Crippen molar-refractivity contribution in [2.45, 2.75) is 6.92 Å². The normalized spacial score (nSPS) is 9.75. The zero-order valence-electron chi connectivity index (χ0n) is 8.81. The number of nitrogens with two attached hydrogens (primary N) is 1. The van der Waals surface area contributed by atoms with Crippen molar-refractivity contribution in [2.75, 3.05) is 5.73 Å². The van der Waals surface area contributed by atoms with Gasteiger partial charge in [-0.05, 0) is 13.0 Å². The molecule has 0 atom stereocenters. The first-order valence-electron chi connectivity index (χ1n) is 4.80. The summed E-state index contributed by atoms with van der Waals surface area (Å²) in [5, 5.41) is 8.81. The average Bonchev–Trinajstić information content (AvgIpc) is 2.29. The maximum Gasteiger partial charge on any atom is 0.183 e. The van der Waals surface area contributed by atoms with Gasteiger partial charge in [0.2, 0.25) is 0 Å². The van der Waals surface area contributed by atoms with Crippen LogP contribution < -0.4 is 5.73 Å². The van der Waals surface area contributed by atoms with Crippen LogP contribution >= 0.6 is 0 Å². The Morgan fingerprint density at radius 3 is 2.88 bits per heavy atom. The van der Waals surface area contributed by atoms with Gasteiger partial charge >= 0.3 is 0 Å².